The van der Waals surface area contributed by atoms with Crippen LogP contribution in [0.25, 0.3) is 10.9 Å². The number of aromatic amines is 1. The molecule has 0 saturated heterocycles. The Labute approximate surface area is 143 Å². The van der Waals surface area contributed by atoms with E-state index in [9.17, 15) is 9.59 Å². The molecule has 0 aliphatic rings. The number of rotatable bonds is 4. The maximum Gasteiger partial charge on any atom is 0.411 e. The second kappa shape index (κ2) is 6.76. The number of nitrogens with one attached hydrogen (secondary N) is 2. The van der Waals surface area contributed by atoms with Crippen LogP contribution in [0.3, 0.4) is 0 Å². The SMILES string of the molecule is CCOC(=O)Nc1c(C(=O)c2ccccc2)[nH]c2cc(Cl)ccc12. The summed E-state index contributed by atoms with van der Waals surface area (Å²) in [5, 5.41) is 3.87. The topological polar surface area (TPSA) is 71.2 Å². The Morgan fingerprint density at radius 1 is 1.17 bits per heavy atom. The van der Waals surface area contributed by atoms with Crippen LogP contribution in [0.1, 0.15) is 23.0 Å². The Balaban J connectivity index is 2.11. The number of anilines is 1. The lowest BCUT2D eigenvalue weighted by Gasteiger charge is -2.07. The number of halogens is 1. The number of benzene rings is 2. The Bertz CT molecular complexity index is 903. The molecule has 1 heterocycles. The van der Waals surface area contributed by atoms with E-state index in [0.29, 0.717) is 27.2 Å². The zero-order valence-electron chi connectivity index (χ0n) is 12.9. The molecule has 2 N–H and O–H groups in total. The van der Waals surface area contributed by atoms with Crippen molar-refractivity contribution in [1.29, 1.82) is 0 Å². The van der Waals surface area contributed by atoms with Gasteiger partial charge in [0.15, 0.2) is 0 Å². The van der Waals surface area contributed by atoms with E-state index < -0.39 is 6.09 Å². The molecule has 1 amide bonds. The first-order chi connectivity index (χ1) is 11.6. The third-order valence-corrected chi connectivity index (χ3v) is 3.76. The Hall–Kier alpha value is -2.79. The second-order valence-electron chi connectivity index (χ2n) is 5.11. The minimum absolute atomic E-state index is 0.227. The number of hydrogen-bond donors (Lipinski definition) is 2. The van der Waals surface area contributed by atoms with Gasteiger partial charge in [0.1, 0.15) is 5.69 Å². The molecular weight excluding hydrogens is 328 g/mol. The molecule has 122 valence electrons. The van der Waals surface area contributed by atoms with E-state index in [2.05, 4.69) is 10.3 Å². The van der Waals surface area contributed by atoms with E-state index in [1.165, 1.54) is 0 Å². The van der Waals surface area contributed by atoms with Crippen LogP contribution in [0.4, 0.5) is 10.5 Å². The van der Waals surface area contributed by atoms with Gasteiger partial charge in [-0.05, 0) is 25.1 Å². The number of aromatic nitrogens is 1. The normalized spacial score (nSPS) is 10.6. The van der Waals surface area contributed by atoms with Crippen LogP contribution >= 0.6 is 11.6 Å². The van der Waals surface area contributed by atoms with E-state index in [1.54, 1.807) is 49.4 Å². The van der Waals surface area contributed by atoms with Gasteiger partial charge in [-0.1, -0.05) is 41.9 Å². The highest BCUT2D eigenvalue weighted by atomic mass is 35.5. The number of H-pyrrole nitrogens is 1. The van der Waals surface area contributed by atoms with E-state index in [-0.39, 0.29) is 18.1 Å². The van der Waals surface area contributed by atoms with Gasteiger partial charge in [-0.25, -0.2) is 4.79 Å². The summed E-state index contributed by atoms with van der Waals surface area (Å²) in [5.41, 5.74) is 1.84. The molecule has 0 aliphatic heterocycles. The zero-order chi connectivity index (χ0) is 17.1. The lowest BCUT2D eigenvalue weighted by Crippen LogP contribution is -2.15. The van der Waals surface area contributed by atoms with E-state index >= 15 is 0 Å². The number of carbonyl (C=O) groups excluding carboxylic acids is 2. The number of carbonyl (C=O) groups is 2. The molecule has 0 bridgehead atoms. The molecule has 0 spiro atoms. The van der Waals surface area contributed by atoms with Crippen molar-refractivity contribution in [2.75, 3.05) is 11.9 Å². The highest BCUT2D eigenvalue weighted by Gasteiger charge is 2.21. The average Bonchev–Trinajstić information content (AvgIpc) is 2.92. The largest absolute Gasteiger partial charge is 0.450 e. The first kappa shape index (κ1) is 16.1. The predicted octanol–water partition coefficient (Wildman–Crippen LogP) is 4.62. The van der Waals surface area contributed by atoms with Gasteiger partial charge in [0.05, 0.1) is 12.3 Å². The molecule has 5 nitrogen and oxygen atoms in total. The molecule has 3 aromatic rings. The minimum atomic E-state index is -0.615. The summed E-state index contributed by atoms with van der Waals surface area (Å²) >= 11 is 6.02. The fraction of sp³-hybridized carbons (Fsp3) is 0.111. The highest BCUT2D eigenvalue weighted by Crippen LogP contribution is 2.31. The van der Waals surface area contributed by atoms with Crippen LogP contribution in [-0.4, -0.2) is 23.5 Å². The molecule has 0 atom stereocenters. The first-order valence-electron chi connectivity index (χ1n) is 7.45. The van der Waals surface area contributed by atoms with Crippen LogP contribution in [0.2, 0.25) is 5.02 Å². The van der Waals surface area contributed by atoms with Gasteiger partial charge in [0, 0.05) is 21.5 Å². The standard InChI is InChI=1S/C18H15ClN2O3/c1-2-24-18(23)21-15-13-9-8-12(19)10-14(13)20-16(15)17(22)11-6-4-3-5-7-11/h3-10,20H,2H2,1H3,(H,21,23). The molecule has 1 aromatic heterocycles. The van der Waals surface area contributed by atoms with Crippen molar-refractivity contribution in [2.45, 2.75) is 6.92 Å². The maximum absolute atomic E-state index is 12.8. The third kappa shape index (κ3) is 3.12. The summed E-state index contributed by atoms with van der Waals surface area (Å²) in [6.45, 7) is 1.95. The van der Waals surface area contributed by atoms with Crippen molar-refractivity contribution in [2.24, 2.45) is 0 Å². The maximum atomic E-state index is 12.8. The Morgan fingerprint density at radius 3 is 2.62 bits per heavy atom. The molecule has 0 aliphatic carbocycles. The van der Waals surface area contributed by atoms with Crippen molar-refractivity contribution >= 4 is 40.1 Å². The molecule has 6 heteroatoms. The number of ketones is 1. The van der Waals surface area contributed by atoms with Crippen LogP contribution in [0.15, 0.2) is 48.5 Å². The molecule has 0 saturated carbocycles. The fourth-order valence-corrected chi connectivity index (χ4v) is 2.65. The summed E-state index contributed by atoms with van der Waals surface area (Å²) in [5.74, 6) is -0.227. The summed E-state index contributed by atoms with van der Waals surface area (Å²) in [4.78, 5) is 27.7. The van der Waals surface area contributed by atoms with Crippen LogP contribution in [-0.2, 0) is 4.74 Å². The first-order valence-corrected chi connectivity index (χ1v) is 7.82. The molecule has 24 heavy (non-hydrogen) atoms. The number of fused-ring (bicyclic) bond motifs is 1. The summed E-state index contributed by atoms with van der Waals surface area (Å²) < 4.78 is 4.93. The van der Waals surface area contributed by atoms with Crippen LogP contribution < -0.4 is 5.32 Å². The van der Waals surface area contributed by atoms with Gasteiger partial charge in [-0.3, -0.25) is 10.1 Å². The van der Waals surface area contributed by atoms with Crippen LogP contribution in [0, 0.1) is 0 Å². The lowest BCUT2D eigenvalue weighted by atomic mass is 10.1. The van der Waals surface area contributed by atoms with Crippen molar-refractivity contribution in [3.8, 4) is 0 Å². The number of amides is 1. The fourth-order valence-electron chi connectivity index (χ4n) is 2.47. The van der Waals surface area contributed by atoms with Crippen molar-refractivity contribution in [3.63, 3.8) is 0 Å². The van der Waals surface area contributed by atoms with Gasteiger partial charge in [0.2, 0.25) is 5.78 Å². The zero-order valence-corrected chi connectivity index (χ0v) is 13.7. The summed E-state index contributed by atoms with van der Waals surface area (Å²) in [6, 6.07) is 14.0. The molecule has 3 rings (SSSR count). The minimum Gasteiger partial charge on any atom is -0.450 e. The highest BCUT2D eigenvalue weighted by molar-refractivity contribution is 6.31. The van der Waals surface area contributed by atoms with E-state index in [0.717, 1.165) is 0 Å². The quantitative estimate of drug-likeness (QED) is 0.679. The molecular formula is C18H15ClN2O3. The smallest absolute Gasteiger partial charge is 0.411 e. The van der Waals surface area contributed by atoms with Crippen molar-refractivity contribution < 1.29 is 14.3 Å². The molecule has 0 radical (unpaired) electrons. The predicted molar refractivity (Wildman–Crippen MR) is 93.8 cm³/mol. The van der Waals surface area contributed by atoms with Gasteiger partial charge in [-0.2, -0.15) is 0 Å². The lowest BCUT2D eigenvalue weighted by molar-refractivity contribution is 0.103. The van der Waals surface area contributed by atoms with Crippen molar-refractivity contribution in [1.82, 2.24) is 4.98 Å². The van der Waals surface area contributed by atoms with Gasteiger partial charge in [-0.15, -0.1) is 0 Å². The van der Waals surface area contributed by atoms with Gasteiger partial charge >= 0.3 is 6.09 Å². The molecule has 0 fully saturated rings. The third-order valence-electron chi connectivity index (χ3n) is 3.53. The summed E-state index contributed by atoms with van der Waals surface area (Å²) in [7, 11) is 0. The number of hydrogen-bond acceptors (Lipinski definition) is 3. The Kier molecular flexibility index (Phi) is 4.53. The van der Waals surface area contributed by atoms with Crippen LogP contribution in [0.5, 0.6) is 0 Å². The van der Waals surface area contributed by atoms with E-state index in [1.807, 2.05) is 6.07 Å². The number of ether oxygens (including phenoxy) is 1. The van der Waals surface area contributed by atoms with Gasteiger partial charge < -0.3 is 9.72 Å². The van der Waals surface area contributed by atoms with Crippen molar-refractivity contribution in [3.05, 3.63) is 64.8 Å². The summed E-state index contributed by atoms with van der Waals surface area (Å²) in [6.07, 6.45) is -0.615. The average molecular weight is 343 g/mol. The molecule has 2 aromatic carbocycles. The second-order valence-corrected chi connectivity index (χ2v) is 5.54. The molecule has 0 unspecified atom stereocenters. The monoisotopic (exact) mass is 342 g/mol. The Morgan fingerprint density at radius 2 is 1.92 bits per heavy atom. The van der Waals surface area contributed by atoms with E-state index in [4.69, 9.17) is 16.3 Å². The van der Waals surface area contributed by atoms with Gasteiger partial charge in [0.25, 0.3) is 0 Å².